The molecule has 0 bridgehead atoms. The number of para-hydroxylation sites is 1. The van der Waals surface area contributed by atoms with E-state index in [-0.39, 0.29) is 12.0 Å². The Morgan fingerprint density at radius 1 is 1.30 bits per heavy atom. The van der Waals surface area contributed by atoms with Gasteiger partial charge in [0.25, 0.3) is 0 Å². The van der Waals surface area contributed by atoms with Gasteiger partial charge in [-0.05, 0) is 12.1 Å². The van der Waals surface area contributed by atoms with Crippen molar-refractivity contribution in [2.24, 2.45) is 0 Å². The number of rotatable bonds is 3. The second kappa shape index (κ2) is 6.05. The van der Waals surface area contributed by atoms with Crippen LogP contribution in [0.2, 0.25) is 0 Å². The van der Waals surface area contributed by atoms with Crippen LogP contribution >= 0.6 is 11.3 Å². The van der Waals surface area contributed by atoms with Crippen LogP contribution in [-0.2, 0) is 16.8 Å². The fourth-order valence-corrected chi connectivity index (χ4v) is 2.42. The van der Waals surface area contributed by atoms with E-state index in [1.807, 2.05) is 30.3 Å². The van der Waals surface area contributed by atoms with Gasteiger partial charge >= 0.3 is 6.09 Å². The minimum absolute atomic E-state index is 0.0230. The molecule has 0 spiro atoms. The van der Waals surface area contributed by atoms with Crippen LogP contribution in [0.15, 0.2) is 36.5 Å². The molecule has 1 N–H and O–H groups in total. The van der Waals surface area contributed by atoms with Crippen molar-refractivity contribution in [3.8, 4) is 0 Å². The maximum atomic E-state index is 11.6. The zero-order valence-corrected chi connectivity index (χ0v) is 12.7. The summed E-state index contributed by atoms with van der Waals surface area (Å²) < 4.78 is 5.18. The molecule has 0 atom stereocenters. The molecular weight excluding hydrogens is 272 g/mol. The molecule has 106 valence electrons. The minimum Gasteiger partial charge on any atom is -0.444 e. The van der Waals surface area contributed by atoms with E-state index >= 15 is 0 Å². The predicted molar refractivity (Wildman–Crippen MR) is 81.1 cm³/mol. The van der Waals surface area contributed by atoms with Gasteiger partial charge in [0.1, 0.15) is 6.61 Å². The van der Waals surface area contributed by atoms with E-state index in [1.165, 1.54) is 0 Å². The molecule has 0 saturated carbocycles. The lowest BCUT2D eigenvalue weighted by Gasteiger charge is -2.13. The van der Waals surface area contributed by atoms with Crippen LogP contribution < -0.4 is 5.32 Å². The summed E-state index contributed by atoms with van der Waals surface area (Å²) in [6.07, 6.45) is 1.31. The zero-order valence-electron chi connectivity index (χ0n) is 11.8. The molecule has 1 aromatic heterocycles. The van der Waals surface area contributed by atoms with Gasteiger partial charge in [-0.25, -0.2) is 9.78 Å². The van der Waals surface area contributed by atoms with Gasteiger partial charge in [-0.1, -0.05) is 39.0 Å². The Labute approximate surface area is 122 Å². The van der Waals surface area contributed by atoms with Crippen LogP contribution in [0.3, 0.4) is 0 Å². The lowest BCUT2D eigenvalue weighted by atomic mass is 9.98. The largest absolute Gasteiger partial charge is 0.444 e. The Balaban J connectivity index is 1.86. The number of hydrogen-bond acceptors (Lipinski definition) is 4. The van der Waals surface area contributed by atoms with Crippen molar-refractivity contribution in [3.63, 3.8) is 0 Å². The Morgan fingerprint density at radius 3 is 2.60 bits per heavy atom. The van der Waals surface area contributed by atoms with Crippen LogP contribution in [0.25, 0.3) is 0 Å². The maximum Gasteiger partial charge on any atom is 0.411 e. The number of hydrogen-bond donors (Lipinski definition) is 1. The summed E-state index contributed by atoms with van der Waals surface area (Å²) >= 11 is 1.57. The first-order valence-electron chi connectivity index (χ1n) is 6.39. The van der Waals surface area contributed by atoms with Crippen LogP contribution in [0.4, 0.5) is 10.5 Å². The quantitative estimate of drug-likeness (QED) is 0.922. The average Bonchev–Trinajstić information content (AvgIpc) is 2.86. The third-order valence-electron chi connectivity index (χ3n) is 2.56. The third-order valence-corrected chi connectivity index (χ3v) is 3.96. The SMILES string of the molecule is CC(C)(C)c1ncc(COC(=O)Nc2ccccc2)s1. The van der Waals surface area contributed by atoms with Gasteiger partial charge in [0.05, 0.1) is 9.88 Å². The van der Waals surface area contributed by atoms with Crippen molar-refractivity contribution < 1.29 is 9.53 Å². The zero-order chi connectivity index (χ0) is 14.6. The minimum atomic E-state index is -0.457. The predicted octanol–water partition coefficient (Wildman–Crippen LogP) is 4.19. The fraction of sp³-hybridized carbons (Fsp3) is 0.333. The number of nitrogens with zero attached hydrogens (tertiary/aromatic N) is 1. The second-order valence-corrected chi connectivity index (χ2v) is 6.56. The smallest absolute Gasteiger partial charge is 0.411 e. The molecule has 0 aliphatic carbocycles. The molecule has 0 aliphatic rings. The van der Waals surface area contributed by atoms with E-state index in [4.69, 9.17) is 4.74 Å². The van der Waals surface area contributed by atoms with E-state index in [9.17, 15) is 4.79 Å². The number of anilines is 1. The molecule has 1 aromatic carbocycles. The highest BCUT2D eigenvalue weighted by Gasteiger charge is 2.18. The van der Waals surface area contributed by atoms with Crippen molar-refractivity contribution in [3.05, 3.63) is 46.4 Å². The summed E-state index contributed by atoms with van der Waals surface area (Å²) in [7, 11) is 0. The highest BCUT2D eigenvalue weighted by atomic mass is 32.1. The van der Waals surface area contributed by atoms with Gasteiger partial charge in [0.15, 0.2) is 0 Å². The van der Waals surface area contributed by atoms with Crippen LogP contribution in [-0.4, -0.2) is 11.1 Å². The number of carbonyl (C=O) groups excluding carboxylic acids is 1. The van der Waals surface area contributed by atoms with Gasteiger partial charge in [-0.2, -0.15) is 0 Å². The molecule has 5 heteroatoms. The van der Waals surface area contributed by atoms with E-state index in [0.29, 0.717) is 0 Å². The molecule has 0 saturated heterocycles. The standard InChI is InChI=1S/C15H18N2O2S/c1-15(2,3)13-16-9-12(20-13)10-19-14(18)17-11-7-5-4-6-8-11/h4-9H,10H2,1-3H3,(H,17,18). The summed E-state index contributed by atoms with van der Waals surface area (Å²) in [4.78, 5) is 16.9. The van der Waals surface area contributed by atoms with Crippen molar-refractivity contribution in [2.75, 3.05) is 5.32 Å². The van der Waals surface area contributed by atoms with Crippen molar-refractivity contribution in [1.82, 2.24) is 4.98 Å². The average molecular weight is 290 g/mol. The van der Waals surface area contributed by atoms with Gasteiger partial charge in [-0.3, -0.25) is 5.32 Å². The monoisotopic (exact) mass is 290 g/mol. The highest BCUT2D eigenvalue weighted by molar-refractivity contribution is 7.11. The Kier molecular flexibility index (Phi) is 4.39. The Bertz CT molecular complexity index is 573. The van der Waals surface area contributed by atoms with Crippen LogP contribution in [0.5, 0.6) is 0 Å². The van der Waals surface area contributed by atoms with Crippen molar-refractivity contribution >= 4 is 23.1 Å². The Morgan fingerprint density at radius 2 is 2.00 bits per heavy atom. The maximum absolute atomic E-state index is 11.6. The molecule has 2 rings (SSSR count). The number of ether oxygens (including phenoxy) is 1. The van der Waals surface area contributed by atoms with Crippen LogP contribution in [0, 0.1) is 0 Å². The summed E-state index contributed by atoms with van der Waals surface area (Å²) in [5, 5.41) is 3.71. The summed E-state index contributed by atoms with van der Waals surface area (Å²) in [5.74, 6) is 0. The molecule has 20 heavy (non-hydrogen) atoms. The number of amides is 1. The topological polar surface area (TPSA) is 51.2 Å². The van der Waals surface area contributed by atoms with Crippen molar-refractivity contribution in [1.29, 1.82) is 0 Å². The summed E-state index contributed by atoms with van der Waals surface area (Å²) in [6.45, 7) is 6.57. The van der Waals surface area contributed by atoms with E-state index < -0.39 is 6.09 Å². The van der Waals surface area contributed by atoms with Gasteiger partial charge in [0, 0.05) is 17.3 Å². The molecule has 2 aromatic rings. The van der Waals surface area contributed by atoms with E-state index in [2.05, 4.69) is 31.1 Å². The lowest BCUT2D eigenvalue weighted by Crippen LogP contribution is -2.13. The Hall–Kier alpha value is -1.88. The van der Waals surface area contributed by atoms with Crippen molar-refractivity contribution in [2.45, 2.75) is 32.8 Å². The summed E-state index contributed by atoms with van der Waals surface area (Å²) in [6, 6.07) is 9.22. The van der Waals surface area contributed by atoms with Crippen LogP contribution in [0.1, 0.15) is 30.7 Å². The summed E-state index contributed by atoms with van der Waals surface area (Å²) in [5.41, 5.74) is 0.743. The fourth-order valence-electron chi connectivity index (χ4n) is 1.53. The number of aromatic nitrogens is 1. The molecule has 0 unspecified atom stereocenters. The molecule has 0 radical (unpaired) electrons. The van der Waals surface area contributed by atoms with E-state index in [0.717, 1.165) is 15.6 Å². The normalized spacial score (nSPS) is 11.2. The first kappa shape index (κ1) is 14.5. The molecule has 1 heterocycles. The number of benzene rings is 1. The molecule has 4 nitrogen and oxygen atoms in total. The highest BCUT2D eigenvalue weighted by Crippen LogP contribution is 2.27. The molecule has 0 fully saturated rings. The lowest BCUT2D eigenvalue weighted by molar-refractivity contribution is 0.156. The number of nitrogens with one attached hydrogen (secondary N) is 1. The molecule has 1 amide bonds. The van der Waals surface area contributed by atoms with Gasteiger partial charge in [0.2, 0.25) is 0 Å². The van der Waals surface area contributed by atoms with Gasteiger partial charge in [-0.15, -0.1) is 11.3 Å². The first-order valence-corrected chi connectivity index (χ1v) is 7.21. The third kappa shape index (κ3) is 4.06. The molecule has 0 aliphatic heterocycles. The first-order chi connectivity index (χ1) is 9.45. The number of carbonyl (C=O) groups is 1. The second-order valence-electron chi connectivity index (χ2n) is 5.45. The number of thiazole rings is 1. The van der Waals surface area contributed by atoms with E-state index in [1.54, 1.807) is 17.5 Å². The van der Waals surface area contributed by atoms with Gasteiger partial charge < -0.3 is 4.74 Å². The molecular formula is C15H18N2O2S.